The van der Waals surface area contributed by atoms with E-state index in [1.54, 1.807) is 0 Å². The summed E-state index contributed by atoms with van der Waals surface area (Å²) >= 11 is 0. The second-order valence-corrected chi connectivity index (χ2v) is 5.95. The highest BCUT2D eigenvalue weighted by Crippen LogP contribution is 2.24. The third-order valence-electron chi connectivity index (χ3n) is 3.97. The second-order valence-electron chi connectivity index (χ2n) is 5.95. The van der Waals surface area contributed by atoms with Crippen LogP contribution in [0.2, 0.25) is 0 Å². The lowest BCUT2D eigenvalue weighted by Crippen LogP contribution is -2.01. The number of benzene rings is 1. The largest absolute Gasteiger partial charge is 0.487 e. The number of nitrogens with one attached hydrogen (secondary N) is 1. The van der Waals surface area contributed by atoms with Crippen LogP contribution in [-0.4, -0.2) is 11.5 Å². The van der Waals surface area contributed by atoms with Crippen LogP contribution in [0.3, 0.4) is 0 Å². The van der Waals surface area contributed by atoms with Gasteiger partial charge in [0.2, 0.25) is 0 Å². The van der Waals surface area contributed by atoms with Crippen LogP contribution < -0.4 is 10.1 Å². The van der Waals surface area contributed by atoms with E-state index in [4.69, 9.17) is 4.74 Å². The van der Waals surface area contributed by atoms with Crippen LogP contribution in [0.15, 0.2) is 30.3 Å². The molecule has 0 saturated carbocycles. The molecule has 21 heavy (non-hydrogen) atoms. The molecule has 0 unspecified atom stereocenters. The molecular weight excluding hydrogens is 260 g/mol. The third-order valence-corrected chi connectivity index (χ3v) is 3.97. The molecule has 0 saturated heterocycles. The van der Waals surface area contributed by atoms with Gasteiger partial charge >= 0.3 is 0 Å². The molecule has 1 aromatic heterocycles. The molecule has 110 valence electrons. The van der Waals surface area contributed by atoms with Crippen LogP contribution >= 0.6 is 0 Å². The Morgan fingerprint density at radius 2 is 2.10 bits per heavy atom. The highest BCUT2D eigenvalue weighted by Gasteiger charge is 2.12. The number of hydrogen-bond donors (Lipinski definition) is 1. The minimum atomic E-state index is 0.509. The summed E-state index contributed by atoms with van der Waals surface area (Å²) in [5.74, 6) is 2.47. The topological polar surface area (TPSA) is 34.1 Å². The van der Waals surface area contributed by atoms with Gasteiger partial charge in [-0.05, 0) is 54.2 Å². The zero-order chi connectivity index (χ0) is 14.8. The summed E-state index contributed by atoms with van der Waals surface area (Å²) in [6.45, 7) is 8.06. The average Bonchev–Trinajstić information content (AvgIpc) is 2.92. The molecule has 0 atom stereocenters. The van der Waals surface area contributed by atoms with Crippen LogP contribution in [0.25, 0.3) is 0 Å². The number of pyridine rings is 1. The maximum atomic E-state index is 5.88. The molecule has 2 heterocycles. The summed E-state index contributed by atoms with van der Waals surface area (Å²) in [5, 5.41) is 3.30. The first-order chi connectivity index (χ1) is 10.1. The number of aromatic nitrogens is 1. The van der Waals surface area contributed by atoms with Gasteiger partial charge in [-0.1, -0.05) is 26.0 Å². The summed E-state index contributed by atoms with van der Waals surface area (Å²) in [5.41, 5.74) is 4.93. The first-order valence-electron chi connectivity index (χ1n) is 7.59. The second kappa shape index (κ2) is 5.76. The van der Waals surface area contributed by atoms with Crippen LogP contribution in [0.4, 0.5) is 5.82 Å². The van der Waals surface area contributed by atoms with Crippen molar-refractivity contribution in [3.8, 4) is 5.75 Å². The minimum Gasteiger partial charge on any atom is -0.487 e. The maximum Gasteiger partial charge on any atom is 0.130 e. The molecule has 3 rings (SSSR count). The molecule has 1 aromatic carbocycles. The van der Waals surface area contributed by atoms with E-state index in [1.165, 1.54) is 16.7 Å². The number of rotatable bonds is 4. The predicted molar refractivity (Wildman–Crippen MR) is 86.0 cm³/mol. The van der Waals surface area contributed by atoms with Crippen molar-refractivity contribution in [2.45, 2.75) is 39.7 Å². The number of nitrogens with zero attached hydrogens (tertiary/aromatic N) is 1. The van der Waals surface area contributed by atoms with Gasteiger partial charge in [0.1, 0.15) is 18.2 Å². The van der Waals surface area contributed by atoms with E-state index in [0.29, 0.717) is 12.5 Å². The first kappa shape index (κ1) is 13.9. The molecule has 2 aromatic rings. The van der Waals surface area contributed by atoms with Crippen LogP contribution in [-0.2, 0) is 13.0 Å². The Hall–Kier alpha value is -2.03. The molecule has 0 aliphatic carbocycles. The molecule has 0 spiro atoms. The number of fused-ring (bicyclic) bond motifs is 1. The number of hydrogen-bond acceptors (Lipinski definition) is 3. The Bertz CT molecular complexity index is 650. The fraction of sp³-hybridized carbons (Fsp3) is 0.389. The number of aryl methyl sites for hydroxylation is 1. The lowest BCUT2D eigenvalue weighted by atomic mass is 9.98. The van der Waals surface area contributed by atoms with Gasteiger partial charge in [0.25, 0.3) is 0 Å². The zero-order valence-electron chi connectivity index (χ0n) is 12.9. The normalized spacial score (nSPS) is 13.1. The fourth-order valence-electron chi connectivity index (χ4n) is 2.82. The van der Waals surface area contributed by atoms with E-state index >= 15 is 0 Å². The smallest absolute Gasteiger partial charge is 0.130 e. The monoisotopic (exact) mass is 282 g/mol. The van der Waals surface area contributed by atoms with Crippen molar-refractivity contribution in [1.82, 2.24) is 4.98 Å². The molecule has 0 bridgehead atoms. The van der Waals surface area contributed by atoms with E-state index in [2.05, 4.69) is 55.3 Å². The van der Waals surface area contributed by atoms with Gasteiger partial charge < -0.3 is 10.1 Å². The molecule has 0 radical (unpaired) electrons. The molecule has 1 N–H and O–H groups in total. The molecule has 0 fully saturated rings. The van der Waals surface area contributed by atoms with Crippen molar-refractivity contribution < 1.29 is 4.74 Å². The Morgan fingerprint density at radius 3 is 2.86 bits per heavy atom. The highest BCUT2D eigenvalue weighted by atomic mass is 16.5. The summed E-state index contributed by atoms with van der Waals surface area (Å²) in [6.07, 6.45) is 1.07. The van der Waals surface area contributed by atoms with Gasteiger partial charge in [-0.3, -0.25) is 0 Å². The van der Waals surface area contributed by atoms with Gasteiger partial charge in [0.05, 0.1) is 5.69 Å². The predicted octanol–water partition coefficient (Wildman–Crippen LogP) is 4.06. The van der Waals surface area contributed by atoms with Gasteiger partial charge in [-0.25, -0.2) is 4.98 Å². The Kier molecular flexibility index (Phi) is 3.82. The van der Waals surface area contributed by atoms with E-state index in [-0.39, 0.29) is 0 Å². The van der Waals surface area contributed by atoms with Crippen molar-refractivity contribution in [1.29, 1.82) is 0 Å². The third kappa shape index (κ3) is 3.02. The molecular formula is C18H22N2O. The van der Waals surface area contributed by atoms with Gasteiger partial charge in [-0.15, -0.1) is 0 Å². The van der Waals surface area contributed by atoms with Crippen LogP contribution in [0, 0.1) is 6.92 Å². The van der Waals surface area contributed by atoms with E-state index in [0.717, 1.165) is 30.2 Å². The summed E-state index contributed by atoms with van der Waals surface area (Å²) in [6, 6.07) is 10.5. The molecule has 1 aliphatic rings. The average molecular weight is 282 g/mol. The maximum absolute atomic E-state index is 5.88. The molecule has 0 amide bonds. The molecule has 1 aliphatic heterocycles. The Balaban J connectivity index is 1.69. The van der Waals surface area contributed by atoms with Crippen molar-refractivity contribution in [3.05, 3.63) is 52.7 Å². The summed E-state index contributed by atoms with van der Waals surface area (Å²) < 4.78 is 5.88. The number of anilines is 1. The quantitative estimate of drug-likeness (QED) is 0.918. The van der Waals surface area contributed by atoms with E-state index in [1.807, 2.05) is 6.07 Å². The van der Waals surface area contributed by atoms with Gasteiger partial charge in [0.15, 0.2) is 0 Å². The van der Waals surface area contributed by atoms with Crippen LogP contribution in [0.5, 0.6) is 5.75 Å². The Labute approximate surface area is 126 Å². The van der Waals surface area contributed by atoms with Crippen molar-refractivity contribution in [3.63, 3.8) is 0 Å². The molecule has 3 nitrogen and oxygen atoms in total. The molecule has 3 heteroatoms. The van der Waals surface area contributed by atoms with Crippen molar-refractivity contribution >= 4 is 5.82 Å². The van der Waals surface area contributed by atoms with Crippen molar-refractivity contribution in [2.75, 3.05) is 11.9 Å². The lowest BCUT2D eigenvalue weighted by molar-refractivity contribution is 0.301. The van der Waals surface area contributed by atoms with Gasteiger partial charge in [-0.2, -0.15) is 0 Å². The number of ether oxygens (including phenoxy) is 1. The summed E-state index contributed by atoms with van der Waals surface area (Å²) in [4.78, 5) is 4.60. The van der Waals surface area contributed by atoms with Crippen molar-refractivity contribution in [2.24, 2.45) is 0 Å². The standard InChI is InChI=1S/C18H22N2O/c1-12(2)17-7-6-16(10-13(17)3)21-11-15-5-4-14-8-9-19-18(14)20-15/h4-7,10,12H,8-9,11H2,1-3H3,(H,19,20). The lowest BCUT2D eigenvalue weighted by Gasteiger charge is -2.12. The van der Waals surface area contributed by atoms with Crippen LogP contribution in [0.1, 0.15) is 42.1 Å². The first-order valence-corrected chi connectivity index (χ1v) is 7.59. The van der Waals surface area contributed by atoms with E-state index < -0.39 is 0 Å². The SMILES string of the molecule is Cc1cc(OCc2ccc3c(n2)NCC3)ccc1C(C)C. The van der Waals surface area contributed by atoms with E-state index in [9.17, 15) is 0 Å². The minimum absolute atomic E-state index is 0.509. The summed E-state index contributed by atoms with van der Waals surface area (Å²) in [7, 11) is 0. The highest BCUT2D eigenvalue weighted by molar-refractivity contribution is 5.49. The van der Waals surface area contributed by atoms with Gasteiger partial charge in [0, 0.05) is 6.54 Å². The fourth-order valence-corrected chi connectivity index (χ4v) is 2.82. The Morgan fingerprint density at radius 1 is 1.24 bits per heavy atom. The zero-order valence-corrected chi connectivity index (χ0v) is 12.9.